The quantitative estimate of drug-likeness (QED) is 0.878. The number of nitrogens with two attached hydrogens (primary N) is 1. The molecule has 5 nitrogen and oxygen atoms in total. The van der Waals surface area contributed by atoms with Crippen molar-refractivity contribution in [1.29, 1.82) is 0 Å². The van der Waals surface area contributed by atoms with Crippen molar-refractivity contribution in [3.05, 3.63) is 35.4 Å². The van der Waals surface area contributed by atoms with E-state index >= 15 is 0 Å². The zero-order valence-electron chi connectivity index (χ0n) is 15.7. The van der Waals surface area contributed by atoms with Crippen molar-refractivity contribution in [3.63, 3.8) is 0 Å². The molecule has 2 aliphatic heterocycles. The van der Waals surface area contributed by atoms with Gasteiger partial charge in [-0.05, 0) is 42.9 Å². The minimum Gasteiger partial charge on any atom is -0.381 e. The largest absolute Gasteiger partial charge is 0.381 e. The molecule has 2 heterocycles. The summed E-state index contributed by atoms with van der Waals surface area (Å²) in [6, 6.07) is 7.80. The van der Waals surface area contributed by atoms with Crippen molar-refractivity contribution < 1.29 is 14.3 Å². The van der Waals surface area contributed by atoms with Gasteiger partial charge in [-0.15, -0.1) is 0 Å². The van der Waals surface area contributed by atoms with Crippen LogP contribution in [0.25, 0.3) is 0 Å². The molecule has 4 atom stereocenters. The number of amides is 1. The molecular formula is C21H30N2O3. The highest BCUT2D eigenvalue weighted by molar-refractivity contribution is 5.92. The van der Waals surface area contributed by atoms with E-state index < -0.39 is 0 Å². The van der Waals surface area contributed by atoms with Crippen LogP contribution in [-0.2, 0) is 15.1 Å². The van der Waals surface area contributed by atoms with Crippen molar-refractivity contribution in [2.24, 2.45) is 23.5 Å². The van der Waals surface area contributed by atoms with Crippen LogP contribution in [0, 0.1) is 17.8 Å². The first-order valence-electron chi connectivity index (χ1n) is 9.89. The van der Waals surface area contributed by atoms with E-state index in [-0.39, 0.29) is 11.5 Å². The number of benzene rings is 1. The van der Waals surface area contributed by atoms with Gasteiger partial charge in [-0.3, -0.25) is 4.79 Å². The predicted molar refractivity (Wildman–Crippen MR) is 99.8 cm³/mol. The summed E-state index contributed by atoms with van der Waals surface area (Å²) in [6.45, 7) is 5.06. The Hall–Kier alpha value is -1.43. The topological polar surface area (TPSA) is 64.8 Å². The van der Waals surface area contributed by atoms with Crippen molar-refractivity contribution in [2.45, 2.75) is 31.3 Å². The van der Waals surface area contributed by atoms with Crippen molar-refractivity contribution in [2.75, 3.05) is 40.0 Å². The monoisotopic (exact) mass is 358 g/mol. The normalized spacial score (nSPS) is 34.7. The molecule has 0 spiro atoms. The molecular weight excluding hydrogens is 328 g/mol. The molecule has 26 heavy (non-hydrogen) atoms. The van der Waals surface area contributed by atoms with Gasteiger partial charge in [0, 0.05) is 50.8 Å². The number of piperidine rings is 1. The van der Waals surface area contributed by atoms with Gasteiger partial charge in [-0.2, -0.15) is 0 Å². The number of rotatable bonds is 5. The summed E-state index contributed by atoms with van der Waals surface area (Å²) in [6.07, 6.45) is 4.78. The fraction of sp³-hybridized carbons (Fsp3) is 0.667. The van der Waals surface area contributed by atoms with Crippen LogP contribution in [0.5, 0.6) is 0 Å². The van der Waals surface area contributed by atoms with E-state index in [0.717, 1.165) is 38.4 Å². The molecule has 0 radical (unpaired) electrons. The minimum absolute atomic E-state index is 0.299. The second-order valence-corrected chi connectivity index (χ2v) is 8.22. The second kappa shape index (κ2) is 7.29. The lowest BCUT2D eigenvalue weighted by atomic mass is 9.62. The Morgan fingerprint density at radius 2 is 2.08 bits per heavy atom. The van der Waals surface area contributed by atoms with E-state index in [1.54, 1.807) is 6.07 Å². The number of nitrogens with zero attached hydrogens (tertiary/aromatic N) is 1. The summed E-state index contributed by atoms with van der Waals surface area (Å²) < 4.78 is 11.8. The molecule has 2 saturated heterocycles. The summed E-state index contributed by atoms with van der Waals surface area (Å²) in [5.41, 5.74) is 6.92. The third-order valence-corrected chi connectivity index (χ3v) is 6.75. The molecule has 1 aromatic rings. The molecule has 3 aliphatic rings. The first kappa shape index (κ1) is 18.0. The van der Waals surface area contributed by atoms with Gasteiger partial charge in [-0.1, -0.05) is 18.6 Å². The van der Waals surface area contributed by atoms with Crippen LogP contribution in [0.4, 0.5) is 0 Å². The summed E-state index contributed by atoms with van der Waals surface area (Å²) in [4.78, 5) is 14.3. The maximum Gasteiger partial charge on any atom is 0.248 e. The van der Waals surface area contributed by atoms with Crippen molar-refractivity contribution in [1.82, 2.24) is 4.90 Å². The van der Waals surface area contributed by atoms with Crippen LogP contribution in [0.15, 0.2) is 24.3 Å². The Bertz CT molecular complexity index is 642. The fourth-order valence-corrected chi connectivity index (χ4v) is 5.60. The van der Waals surface area contributed by atoms with E-state index in [9.17, 15) is 4.79 Å². The lowest BCUT2D eigenvalue weighted by Crippen LogP contribution is -2.59. The molecule has 3 fully saturated rings. The first-order chi connectivity index (χ1) is 12.6. The van der Waals surface area contributed by atoms with Crippen LogP contribution in [-0.4, -0.2) is 50.8 Å². The Labute approximate surface area is 155 Å². The van der Waals surface area contributed by atoms with Crippen LogP contribution in [0.2, 0.25) is 0 Å². The Kier molecular flexibility index (Phi) is 5.04. The molecule has 2 N–H and O–H groups in total. The van der Waals surface area contributed by atoms with E-state index in [1.807, 2.05) is 19.2 Å². The number of carbonyl (C=O) groups excluding carboxylic acids is 1. The Balaban J connectivity index is 1.61. The highest BCUT2D eigenvalue weighted by Crippen LogP contribution is 2.51. The van der Waals surface area contributed by atoms with Gasteiger partial charge in [0.25, 0.3) is 0 Å². The summed E-state index contributed by atoms with van der Waals surface area (Å²) in [5.74, 6) is 1.20. The maximum atomic E-state index is 11.7. The standard InChI is InChI=1S/C21H30N2O3/c1-25-21(17-5-2-4-16(10-17)20(22)24)18-6-3-7-19(21)13-23(12-18)11-15-8-9-26-14-15/h2,4-5,10,15,18-19H,3,6-9,11-14H2,1H3,(H2,22,24)/t15-,18-,19+,21?/m0/s1. The molecule has 1 saturated carbocycles. The predicted octanol–water partition coefficient (Wildman–Crippen LogP) is 2.40. The molecule has 2 bridgehead atoms. The molecule has 0 aromatic heterocycles. The zero-order valence-corrected chi connectivity index (χ0v) is 15.7. The minimum atomic E-state index is -0.373. The maximum absolute atomic E-state index is 11.7. The number of carbonyl (C=O) groups is 1. The Morgan fingerprint density at radius 3 is 2.69 bits per heavy atom. The number of methoxy groups -OCH3 is 1. The van der Waals surface area contributed by atoms with Gasteiger partial charge in [0.15, 0.2) is 0 Å². The van der Waals surface area contributed by atoms with E-state index in [4.69, 9.17) is 15.2 Å². The van der Waals surface area contributed by atoms with Crippen molar-refractivity contribution >= 4 is 5.91 Å². The lowest BCUT2D eigenvalue weighted by molar-refractivity contribution is -0.170. The van der Waals surface area contributed by atoms with Gasteiger partial charge >= 0.3 is 0 Å². The molecule has 142 valence electrons. The van der Waals surface area contributed by atoms with Gasteiger partial charge in [0.1, 0.15) is 5.60 Å². The van der Waals surface area contributed by atoms with Gasteiger partial charge in [-0.25, -0.2) is 0 Å². The smallest absolute Gasteiger partial charge is 0.248 e. The summed E-state index contributed by atoms with van der Waals surface area (Å²) >= 11 is 0. The van der Waals surface area contributed by atoms with Crippen LogP contribution in [0.1, 0.15) is 41.6 Å². The number of hydrogen-bond acceptors (Lipinski definition) is 4. The average molecular weight is 358 g/mol. The van der Waals surface area contributed by atoms with E-state index in [1.165, 1.54) is 25.7 Å². The molecule has 5 heteroatoms. The molecule has 1 unspecified atom stereocenters. The molecule has 1 aliphatic carbocycles. The highest BCUT2D eigenvalue weighted by atomic mass is 16.5. The van der Waals surface area contributed by atoms with Crippen LogP contribution >= 0.6 is 0 Å². The van der Waals surface area contributed by atoms with Gasteiger partial charge in [0.05, 0.1) is 6.61 Å². The number of hydrogen-bond donors (Lipinski definition) is 1. The SMILES string of the molecule is COC1(c2cccc(C(N)=O)c2)[C@@H]2CCC[C@H]1CN(C[C@@H]1CCOC1)C2. The molecule has 4 rings (SSSR count). The summed E-state index contributed by atoms with van der Waals surface area (Å²) in [5, 5.41) is 0. The Morgan fingerprint density at radius 1 is 1.31 bits per heavy atom. The third-order valence-electron chi connectivity index (χ3n) is 6.75. The average Bonchev–Trinajstić information content (AvgIpc) is 3.14. The fourth-order valence-electron chi connectivity index (χ4n) is 5.60. The van der Waals surface area contributed by atoms with E-state index in [2.05, 4.69) is 11.0 Å². The summed E-state index contributed by atoms with van der Waals surface area (Å²) in [7, 11) is 1.84. The first-order valence-corrected chi connectivity index (χ1v) is 9.89. The number of primary amides is 1. The number of likely N-dealkylation sites (tertiary alicyclic amines) is 1. The van der Waals surface area contributed by atoms with E-state index in [0.29, 0.717) is 23.3 Å². The number of ether oxygens (including phenoxy) is 2. The lowest BCUT2D eigenvalue weighted by Gasteiger charge is -2.55. The van der Waals surface area contributed by atoms with Gasteiger partial charge in [0.2, 0.25) is 5.91 Å². The molecule has 1 aromatic carbocycles. The van der Waals surface area contributed by atoms with Gasteiger partial charge < -0.3 is 20.1 Å². The number of fused-ring (bicyclic) bond motifs is 2. The third kappa shape index (κ3) is 3.06. The second-order valence-electron chi connectivity index (χ2n) is 8.22. The van der Waals surface area contributed by atoms with Crippen LogP contribution < -0.4 is 5.73 Å². The van der Waals surface area contributed by atoms with Crippen molar-refractivity contribution in [3.8, 4) is 0 Å². The molecule has 1 amide bonds. The van der Waals surface area contributed by atoms with Crippen LogP contribution in [0.3, 0.4) is 0 Å². The highest BCUT2D eigenvalue weighted by Gasteiger charge is 2.53. The zero-order chi connectivity index (χ0) is 18.1.